The van der Waals surface area contributed by atoms with E-state index in [-0.39, 0.29) is 5.11 Å². The SMILES string of the molecule is NC(=S)Nc1c(-c2ccccc2)[nH]c2ccc(Cl)cc12. The van der Waals surface area contributed by atoms with Crippen LogP contribution in [0.1, 0.15) is 0 Å². The van der Waals surface area contributed by atoms with Gasteiger partial charge in [-0.15, -0.1) is 0 Å². The second-order valence-electron chi connectivity index (χ2n) is 4.42. The summed E-state index contributed by atoms with van der Waals surface area (Å²) < 4.78 is 0. The van der Waals surface area contributed by atoms with Crippen LogP contribution in [0.25, 0.3) is 22.2 Å². The number of nitrogens with one attached hydrogen (secondary N) is 2. The van der Waals surface area contributed by atoms with Crippen molar-refractivity contribution in [1.82, 2.24) is 4.98 Å². The lowest BCUT2D eigenvalue weighted by atomic mass is 10.1. The van der Waals surface area contributed by atoms with Crippen LogP contribution in [0.5, 0.6) is 0 Å². The molecule has 0 saturated heterocycles. The van der Waals surface area contributed by atoms with Crippen molar-refractivity contribution in [2.24, 2.45) is 5.73 Å². The molecule has 100 valence electrons. The number of nitrogens with two attached hydrogens (primary N) is 1. The Morgan fingerprint density at radius 1 is 1.15 bits per heavy atom. The van der Waals surface area contributed by atoms with Crippen LogP contribution in [0.4, 0.5) is 5.69 Å². The fraction of sp³-hybridized carbons (Fsp3) is 0. The van der Waals surface area contributed by atoms with Gasteiger partial charge in [0.1, 0.15) is 0 Å². The summed E-state index contributed by atoms with van der Waals surface area (Å²) in [6.07, 6.45) is 0. The van der Waals surface area contributed by atoms with E-state index in [4.69, 9.17) is 29.6 Å². The number of aromatic amines is 1. The van der Waals surface area contributed by atoms with Crippen LogP contribution in [0.3, 0.4) is 0 Å². The van der Waals surface area contributed by atoms with Gasteiger partial charge in [-0.05, 0) is 30.4 Å². The van der Waals surface area contributed by atoms with Gasteiger partial charge in [-0.3, -0.25) is 0 Å². The smallest absolute Gasteiger partial charge is 0.168 e. The van der Waals surface area contributed by atoms with Gasteiger partial charge in [0.25, 0.3) is 0 Å². The highest BCUT2D eigenvalue weighted by atomic mass is 35.5. The number of anilines is 1. The molecule has 0 unspecified atom stereocenters. The topological polar surface area (TPSA) is 53.8 Å². The van der Waals surface area contributed by atoms with Crippen molar-refractivity contribution in [2.75, 3.05) is 5.32 Å². The number of hydrogen-bond acceptors (Lipinski definition) is 1. The number of thiocarbonyl (C=S) groups is 1. The van der Waals surface area contributed by atoms with Crippen molar-refractivity contribution in [3.8, 4) is 11.3 Å². The van der Waals surface area contributed by atoms with Gasteiger partial charge in [0, 0.05) is 21.5 Å². The van der Waals surface area contributed by atoms with E-state index in [1.807, 2.05) is 48.5 Å². The average Bonchev–Trinajstić information content (AvgIpc) is 2.77. The van der Waals surface area contributed by atoms with Crippen LogP contribution in [0.2, 0.25) is 5.02 Å². The summed E-state index contributed by atoms with van der Waals surface area (Å²) in [6, 6.07) is 15.7. The lowest BCUT2D eigenvalue weighted by molar-refractivity contribution is 1.45. The van der Waals surface area contributed by atoms with E-state index in [9.17, 15) is 0 Å². The molecule has 0 fully saturated rings. The summed E-state index contributed by atoms with van der Waals surface area (Å²) in [7, 11) is 0. The predicted molar refractivity (Wildman–Crippen MR) is 89.2 cm³/mol. The van der Waals surface area contributed by atoms with Gasteiger partial charge in [0.2, 0.25) is 0 Å². The van der Waals surface area contributed by atoms with E-state index in [2.05, 4.69) is 10.3 Å². The van der Waals surface area contributed by atoms with Gasteiger partial charge in [-0.2, -0.15) is 0 Å². The summed E-state index contributed by atoms with van der Waals surface area (Å²) >= 11 is 11.0. The highest BCUT2D eigenvalue weighted by Crippen LogP contribution is 2.36. The third-order valence-electron chi connectivity index (χ3n) is 3.07. The minimum atomic E-state index is 0.225. The normalized spacial score (nSPS) is 10.7. The van der Waals surface area contributed by atoms with E-state index in [0.717, 1.165) is 27.8 Å². The molecule has 0 amide bonds. The lowest BCUT2D eigenvalue weighted by Gasteiger charge is -2.06. The summed E-state index contributed by atoms with van der Waals surface area (Å²) in [5.74, 6) is 0. The standard InChI is InChI=1S/C15H12ClN3S/c16-10-6-7-12-11(8-10)14(19-15(17)20)13(18-12)9-4-2-1-3-5-9/h1-8,18H,(H3,17,19,20). The molecule has 0 radical (unpaired) electrons. The second-order valence-corrected chi connectivity index (χ2v) is 5.30. The molecule has 0 aliphatic carbocycles. The minimum absolute atomic E-state index is 0.225. The Bertz CT molecular complexity index is 780. The molecule has 3 aromatic rings. The van der Waals surface area contributed by atoms with E-state index >= 15 is 0 Å². The van der Waals surface area contributed by atoms with Crippen molar-refractivity contribution in [3.63, 3.8) is 0 Å². The minimum Gasteiger partial charge on any atom is -0.376 e. The van der Waals surface area contributed by atoms with Gasteiger partial charge in [-0.1, -0.05) is 41.9 Å². The third kappa shape index (κ3) is 2.35. The molecule has 3 nitrogen and oxygen atoms in total. The molecular weight excluding hydrogens is 290 g/mol. The van der Waals surface area contributed by atoms with Gasteiger partial charge >= 0.3 is 0 Å². The number of fused-ring (bicyclic) bond motifs is 1. The maximum absolute atomic E-state index is 6.08. The molecule has 20 heavy (non-hydrogen) atoms. The number of halogens is 1. The number of hydrogen-bond donors (Lipinski definition) is 3. The maximum Gasteiger partial charge on any atom is 0.168 e. The Balaban J connectivity index is 2.28. The fourth-order valence-corrected chi connectivity index (χ4v) is 2.51. The monoisotopic (exact) mass is 301 g/mol. The van der Waals surface area contributed by atoms with Crippen molar-refractivity contribution >= 4 is 45.5 Å². The highest BCUT2D eigenvalue weighted by molar-refractivity contribution is 7.80. The second kappa shape index (κ2) is 5.15. The van der Waals surface area contributed by atoms with Crippen molar-refractivity contribution in [1.29, 1.82) is 0 Å². The molecule has 0 aliphatic heterocycles. The Labute approximate surface area is 126 Å². The zero-order valence-electron chi connectivity index (χ0n) is 10.5. The van der Waals surface area contributed by atoms with Gasteiger partial charge in [0.05, 0.1) is 11.4 Å². The molecule has 0 saturated carbocycles. The van der Waals surface area contributed by atoms with E-state index in [1.165, 1.54) is 0 Å². The molecule has 0 bridgehead atoms. The Kier molecular flexibility index (Phi) is 3.34. The number of rotatable bonds is 2. The molecule has 1 heterocycles. The number of H-pyrrole nitrogens is 1. The van der Waals surface area contributed by atoms with Gasteiger partial charge in [0.15, 0.2) is 5.11 Å². The first-order chi connectivity index (χ1) is 9.65. The maximum atomic E-state index is 6.08. The molecule has 5 heteroatoms. The third-order valence-corrected chi connectivity index (χ3v) is 3.41. The first kappa shape index (κ1) is 13.0. The van der Waals surface area contributed by atoms with Gasteiger partial charge < -0.3 is 16.0 Å². The number of benzene rings is 2. The molecule has 3 rings (SSSR count). The zero-order chi connectivity index (χ0) is 14.1. The Hall–Kier alpha value is -2.04. The first-order valence-electron chi connectivity index (χ1n) is 6.08. The van der Waals surface area contributed by atoms with Crippen molar-refractivity contribution in [2.45, 2.75) is 0 Å². The first-order valence-corrected chi connectivity index (χ1v) is 6.87. The summed E-state index contributed by atoms with van der Waals surface area (Å²) in [4.78, 5) is 3.38. The molecule has 0 atom stereocenters. The molecule has 4 N–H and O–H groups in total. The number of aromatic nitrogens is 1. The Morgan fingerprint density at radius 3 is 2.60 bits per heavy atom. The van der Waals surface area contributed by atoms with Crippen LogP contribution in [-0.2, 0) is 0 Å². The summed E-state index contributed by atoms with van der Waals surface area (Å²) in [6.45, 7) is 0. The van der Waals surface area contributed by atoms with Crippen molar-refractivity contribution < 1.29 is 0 Å². The Morgan fingerprint density at radius 2 is 1.90 bits per heavy atom. The lowest BCUT2D eigenvalue weighted by Crippen LogP contribution is -2.19. The van der Waals surface area contributed by atoms with Crippen LogP contribution < -0.4 is 11.1 Å². The largest absolute Gasteiger partial charge is 0.376 e. The predicted octanol–water partition coefficient (Wildman–Crippen LogP) is 4.14. The van der Waals surface area contributed by atoms with Crippen LogP contribution in [0.15, 0.2) is 48.5 Å². The van der Waals surface area contributed by atoms with Crippen molar-refractivity contribution in [3.05, 3.63) is 53.6 Å². The van der Waals surface area contributed by atoms with E-state index in [0.29, 0.717) is 5.02 Å². The summed E-state index contributed by atoms with van der Waals surface area (Å²) in [5.41, 5.74) is 9.45. The molecule has 0 spiro atoms. The molecule has 1 aromatic heterocycles. The van der Waals surface area contributed by atoms with Crippen LogP contribution in [-0.4, -0.2) is 10.1 Å². The highest BCUT2D eigenvalue weighted by Gasteiger charge is 2.13. The van der Waals surface area contributed by atoms with E-state index in [1.54, 1.807) is 0 Å². The van der Waals surface area contributed by atoms with Crippen LogP contribution >= 0.6 is 23.8 Å². The summed E-state index contributed by atoms with van der Waals surface area (Å²) in [5, 5.41) is 4.90. The average molecular weight is 302 g/mol. The quantitative estimate of drug-likeness (QED) is 0.623. The molecule has 2 aromatic carbocycles. The van der Waals surface area contributed by atoms with Crippen LogP contribution in [0, 0.1) is 0 Å². The zero-order valence-corrected chi connectivity index (χ0v) is 12.1. The van der Waals surface area contributed by atoms with E-state index < -0.39 is 0 Å². The molecular formula is C15H12ClN3S. The molecule has 0 aliphatic rings. The fourth-order valence-electron chi connectivity index (χ4n) is 2.24. The van der Waals surface area contributed by atoms with Gasteiger partial charge in [-0.25, -0.2) is 0 Å².